The van der Waals surface area contributed by atoms with Gasteiger partial charge < -0.3 is 10.2 Å². The van der Waals surface area contributed by atoms with E-state index in [-0.39, 0.29) is 17.2 Å². The van der Waals surface area contributed by atoms with Gasteiger partial charge >= 0.3 is 5.97 Å². The van der Waals surface area contributed by atoms with E-state index < -0.39 is 5.97 Å². The van der Waals surface area contributed by atoms with Crippen molar-refractivity contribution in [1.29, 1.82) is 0 Å². The third kappa shape index (κ3) is 4.69. The Morgan fingerprint density at radius 3 is 2.50 bits per heavy atom. The number of hydrogen-bond acceptors (Lipinski definition) is 4. The number of rotatable bonds is 3. The van der Waals surface area contributed by atoms with Crippen molar-refractivity contribution in [1.82, 2.24) is 5.32 Å². The topological polar surface area (TPSA) is 67.8 Å². The van der Waals surface area contributed by atoms with Gasteiger partial charge in [0.25, 0.3) is 5.91 Å². The summed E-state index contributed by atoms with van der Waals surface area (Å²) in [6.45, 7) is 6.91. The van der Waals surface area contributed by atoms with E-state index in [0.29, 0.717) is 0 Å². The highest BCUT2D eigenvalue weighted by molar-refractivity contribution is 6.45. The van der Waals surface area contributed by atoms with Gasteiger partial charge in [-0.15, -0.1) is 0 Å². The molecule has 0 radical (unpaired) electrons. The van der Waals surface area contributed by atoms with Crippen LogP contribution in [-0.2, 0) is 14.4 Å². The Bertz CT molecular complexity index is 403. The van der Waals surface area contributed by atoms with Crippen molar-refractivity contribution < 1.29 is 14.4 Å². The minimum Gasteiger partial charge on any atom is -0.346 e. The number of allylic oxidation sites excluding steroid dienone is 1. The van der Waals surface area contributed by atoms with Crippen LogP contribution in [0.2, 0.25) is 0 Å². The average Bonchev–Trinajstić information content (AvgIpc) is 2.67. The van der Waals surface area contributed by atoms with Gasteiger partial charge in [-0.1, -0.05) is 11.2 Å². The van der Waals surface area contributed by atoms with E-state index in [1.54, 1.807) is 0 Å². The maximum atomic E-state index is 12.1. The van der Waals surface area contributed by atoms with Crippen molar-refractivity contribution in [3.05, 3.63) is 11.6 Å². The standard InChI is InChI=1S/C13H20N2O3/c1-9(16)18-15-11(10-7-5-6-8-10)12(17)14-13(2,3)4/h7H,5-6,8H2,1-4H3,(H,14,17)/b15-11+. The molecule has 0 aromatic rings. The van der Waals surface area contributed by atoms with E-state index >= 15 is 0 Å². The Morgan fingerprint density at radius 2 is 2.06 bits per heavy atom. The molecule has 0 atom stereocenters. The third-order valence-corrected chi connectivity index (χ3v) is 2.31. The molecule has 1 amide bonds. The Balaban J connectivity index is 2.87. The van der Waals surface area contributed by atoms with Crippen LogP contribution in [0.3, 0.4) is 0 Å². The van der Waals surface area contributed by atoms with Crippen LogP contribution in [0.1, 0.15) is 47.0 Å². The number of nitrogens with zero attached hydrogens (tertiary/aromatic N) is 1. The number of hydrogen-bond donors (Lipinski definition) is 1. The lowest BCUT2D eigenvalue weighted by Crippen LogP contribution is -2.44. The summed E-state index contributed by atoms with van der Waals surface area (Å²) in [5, 5.41) is 6.49. The van der Waals surface area contributed by atoms with Crippen molar-refractivity contribution in [2.24, 2.45) is 5.16 Å². The van der Waals surface area contributed by atoms with Gasteiger partial charge in [-0.3, -0.25) is 4.79 Å². The molecule has 0 unspecified atom stereocenters. The molecular weight excluding hydrogens is 232 g/mol. The molecule has 0 bridgehead atoms. The summed E-state index contributed by atoms with van der Waals surface area (Å²) in [5.74, 6) is -0.841. The van der Waals surface area contributed by atoms with Crippen LogP contribution in [0.25, 0.3) is 0 Å². The first-order valence-corrected chi connectivity index (χ1v) is 6.07. The number of oxime groups is 1. The summed E-state index contributed by atoms with van der Waals surface area (Å²) < 4.78 is 0. The molecule has 1 rings (SSSR count). The molecule has 0 saturated carbocycles. The third-order valence-electron chi connectivity index (χ3n) is 2.31. The fraction of sp³-hybridized carbons (Fsp3) is 0.615. The zero-order valence-electron chi connectivity index (χ0n) is 11.4. The molecule has 0 aromatic heterocycles. The van der Waals surface area contributed by atoms with Crippen LogP contribution in [0.15, 0.2) is 16.8 Å². The number of nitrogens with one attached hydrogen (secondary N) is 1. The summed E-state index contributed by atoms with van der Waals surface area (Å²) in [6.07, 6.45) is 4.68. The molecule has 0 spiro atoms. The monoisotopic (exact) mass is 252 g/mol. The molecule has 1 N–H and O–H groups in total. The average molecular weight is 252 g/mol. The lowest BCUT2D eigenvalue weighted by Gasteiger charge is -2.21. The smallest absolute Gasteiger partial charge is 0.332 e. The van der Waals surface area contributed by atoms with Crippen molar-refractivity contribution >= 4 is 17.6 Å². The highest BCUT2D eigenvalue weighted by Crippen LogP contribution is 2.19. The first kappa shape index (κ1) is 14.4. The molecule has 0 aromatic carbocycles. The highest BCUT2D eigenvalue weighted by atomic mass is 16.7. The van der Waals surface area contributed by atoms with Crippen molar-refractivity contribution in [2.75, 3.05) is 0 Å². The second-order valence-corrected chi connectivity index (χ2v) is 5.35. The predicted molar refractivity (Wildman–Crippen MR) is 69.0 cm³/mol. The SMILES string of the molecule is CC(=O)O/N=C(/C(=O)NC(C)(C)C)C1=CCCC1. The lowest BCUT2D eigenvalue weighted by atomic mass is 10.1. The maximum absolute atomic E-state index is 12.1. The van der Waals surface area contributed by atoms with E-state index in [9.17, 15) is 9.59 Å². The molecule has 0 saturated heterocycles. The number of amides is 1. The van der Waals surface area contributed by atoms with Gasteiger partial charge in [-0.25, -0.2) is 4.79 Å². The van der Waals surface area contributed by atoms with Gasteiger partial charge in [-0.05, 0) is 45.6 Å². The maximum Gasteiger partial charge on any atom is 0.332 e. The molecule has 1 aliphatic carbocycles. The summed E-state index contributed by atoms with van der Waals surface area (Å²) in [5.41, 5.74) is 0.698. The zero-order valence-corrected chi connectivity index (χ0v) is 11.4. The van der Waals surface area contributed by atoms with Gasteiger partial charge in [0.05, 0.1) is 0 Å². The van der Waals surface area contributed by atoms with Crippen LogP contribution in [0.5, 0.6) is 0 Å². The largest absolute Gasteiger partial charge is 0.346 e. The van der Waals surface area contributed by atoms with Crippen molar-refractivity contribution in [2.45, 2.75) is 52.5 Å². The van der Waals surface area contributed by atoms with E-state index in [1.807, 2.05) is 26.8 Å². The quantitative estimate of drug-likeness (QED) is 0.474. The molecule has 18 heavy (non-hydrogen) atoms. The van der Waals surface area contributed by atoms with E-state index in [0.717, 1.165) is 24.8 Å². The minimum atomic E-state index is -0.533. The molecule has 1 aliphatic rings. The van der Waals surface area contributed by atoms with E-state index in [1.165, 1.54) is 6.92 Å². The molecule has 0 aliphatic heterocycles. The Hall–Kier alpha value is -1.65. The second kappa shape index (κ2) is 5.80. The first-order chi connectivity index (χ1) is 8.29. The van der Waals surface area contributed by atoms with Gasteiger partial charge in [-0.2, -0.15) is 0 Å². The molecule has 5 nitrogen and oxygen atoms in total. The van der Waals surface area contributed by atoms with Gasteiger partial charge in [0.15, 0.2) is 5.71 Å². The van der Waals surface area contributed by atoms with Crippen molar-refractivity contribution in [3.8, 4) is 0 Å². The first-order valence-electron chi connectivity index (χ1n) is 6.07. The van der Waals surface area contributed by atoms with Crippen LogP contribution in [0, 0.1) is 0 Å². The lowest BCUT2D eigenvalue weighted by molar-refractivity contribution is -0.140. The van der Waals surface area contributed by atoms with Crippen LogP contribution in [-0.4, -0.2) is 23.1 Å². The molecule has 100 valence electrons. The summed E-state index contributed by atoms with van der Waals surface area (Å²) in [6, 6.07) is 0. The molecular formula is C13H20N2O3. The Kier molecular flexibility index (Phi) is 4.64. The summed E-state index contributed by atoms with van der Waals surface area (Å²) in [4.78, 5) is 27.5. The van der Waals surface area contributed by atoms with Crippen LogP contribution < -0.4 is 5.32 Å². The normalized spacial score (nSPS) is 16.2. The van der Waals surface area contributed by atoms with Crippen LogP contribution in [0.4, 0.5) is 0 Å². The Labute approximate surface area is 107 Å². The zero-order chi connectivity index (χ0) is 13.8. The molecule has 5 heteroatoms. The second-order valence-electron chi connectivity index (χ2n) is 5.35. The fourth-order valence-electron chi connectivity index (χ4n) is 1.64. The van der Waals surface area contributed by atoms with Gasteiger partial charge in [0, 0.05) is 12.5 Å². The predicted octanol–water partition coefficient (Wildman–Crippen LogP) is 1.93. The molecule has 0 heterocycles. The van der Waals surface area contributed by atoms with Gasteiger partial charge in [0.1, 0.15) is 0 Å². The van der Waals surface area contributed by atoms with E-state index in [4.69, 9.17) is 0 Å². The minimum absolute atomic E-state index is 0.206. The van der Waals surface area contributed by atoms with Gasteiger partial charge in [0.2, 0.25) is 0 Å². The van der Waals surface area contributed by atoms with Crippen LogP contribution >= 0.6 is 0 Å². The number of carbonyl (C=O) groups is 2. The van der Waals surface area contributed by atoms with E-state index in [2.05, 4.69) is 15.3 Å². The summed E-state index contributed by atoms with van der Waals surface area (Å²) in [7, 11) is 0. The highest BCUT2D eigenvalue weighted by Gasteiger charge is 2.24. The molecule has 0 fully saturated rings. The summed E-state index contributed by atoms with van der Waals surface area (Å²) >= 11 is 0. The van der Waals surface area contributed by atoms with Crippen molar-refractivity contribution in [3.63, 3.8) is 0 Å². The Morgan fingerprint density at radius 1 is 1.39 bits per heavy atom. The fourth-order valence-corrected chi connectivity index (χ4v) is 1.64. The number of carbonyl (C=O) groups excluding carboxylic acids is 2.